The molecule has 2 rings (SSSR count). The van der Waals surface area contributed by atoms with Gasteiger partial charge in [-0.15, -0.1) is 0 Å². The molecule has 116 valence electrons. The Kier molecular flexibility index (Phi) is 4.70. The second kappa shape index (κ2) is 6.33. The van der Waals surface area contributed by atoms with E-state index in [1.807, 2.05) is 0 Å². The van der Waals surface area contributed by atoms with Crippen molar-refractivity contribution in [1.29, 1.82) is 0 Å². The van der Waals surface area contributed by atoms with Crippen LogP contribution in [-0.4, -0.2) is 62.7 Å². The molecule has 0 radical (unpaired) electrons. The first-order valence-corrected chi connectivity index (χ1v) is 6.15. The van der Waals surface area contributed by atoms with E-state index in [2.05, 4.69) is 0 Å². The summed E-state index contributed by atoms with van der Waals surface area (Å²) < 4.78 is 10.4. The number of non-ortho nitro benzene ring substituents is 1. The second-order valence-electron chi connectivity index (χ2n) is 4.57. The molecule has 0 amide bonds. The highest BCUT2D eigenvalue weighted by Crippen LogP contribution is 2.25. The van der Waals surface area contributed by atoms with Gasteiger partial charge in [-0.2, -0.15) is 0 Å². The van der Waals surface area contributed by atoms with Crippen LogP contribution in [0.4, 0.5) is 5.69 Å². The van der Waals surface area contributed by atoms with Crippen LogP contribution in [0.1, 0.15) is 0 Å². The summed E-state index contributed by atoms with van der Waals surface area (Å²) in [5.41, 5.74) is -0.129. The number of nitro benzene ring substituents is 1. The number of rotatable bonds is 4. The first-order chi connectivity index (χ1) is 9.93. The summed E-state index contributed by atoms with van der Waals surface area (Å²) in [4.78, 5) is 9.95. The van der Waals surface area contributed by atoms with E-state index in [4.69, 9.17) is 14.6 Å². The highest BCUT2D eigenvalue weighted by atomic mass is 16.7. The van der Waals surface area contributed by atoms with Gasteiger partial charge in [0.25, 0.3) is 5.69 Å². The molecule has 1 aromatic rings. The van der Waals surface area contributed by atoms with Crippen molar-refractivity contribution in [2.45, 2.75) is 30.7 Å². The van der Waals surface area contributed by atoms with Gasteiger partial charge < -0.3 is 29.9 Å². The Labute approximate surface area is 119 Å². The third-order valence-corrected chi connectivity index (χ3v) is 3.15. The molecule has 1 aliphatic rings. The molecule has 0 spiro atoms. The van der Waals surface area contributed by atoms with E-state index in [1.54, 1.807) is 0 Å². The van der Waals surface area contributed by atoms with E-state index in [-0.39, 0.29) is 11.4 Å². The van der Waals surface area contributed by atoms with Gasteiger partial charge in [0.1, 0.15) is 30.2 Å². The standard InChI is InChI=1S/C12H15NO8/c14-5-8-9(15)10(16)11(17)12(21-8)20-7-3-1-6(2-4-7)13(18)19/h1-4,8-12,14-17H,5H2/t8-,9-,10-,11+,12+/m0/s1. The van der Waals surface area contributed by atoms with E-state index < -0.39 is 42.2 Å². The van der Waals surface area contributed by atoms with Crippen molar-refractivity contribution in [3.63, 3.8) is 0 Å². The third-order valence-electron chi connectivity index (χ3n) is 3.15. The Balaban J connectivity index is 2.08. The van der Waals surface area contributed by atoms with Crippen molar-refractivity contribution >= 4 is 5.69 Å². The highest BCUT2D eigenvalue weighted by Gasteiger charge is 2.44. The van der Waals surface area contributed by atoms with Crippen molar-refractivity contribution in [2.24, 2.45) is 0 Å². The zero-order chi connectivity index (χ0) is 15.6. The molecule has 9 heteroatoms. The first kappa shape index (κ1) is 15.6. The molecule has 5 atom stereocenters. The van der Waals surface area contributed by atoms with E-state index in [1.165, 1.54) is 24.3 Å². The molecular weight excluding hydrogens is 286 g/mol. The Morgan fingerprint density at radius 1 is 1.14 bits per heavy atom. The van der Waals surface area contributed by atoms with Gasteiger partial charge in [0, 0.05) is 12.1 Å². The van der Waals surface area contributed by atoms with E-state index in [0.717, 1.165) is 0 Å². The van der Waals surface area contributed by atoms with Crippen molar-refractivity contribution < 1.29 is 34.8 Å². The van der Waals surface area contributed by atoms with Crippen LogP contribution in [-0.2, 0) is 4.74 Å². The Morgan fingerprint density at radius 3 is 2.29 bits per heavy atom. The highest BCUT2D eigenvalue weighted by molar-refractivity contribution is 5.36. The lowest BCUT2D eigenvalue weighted by Crippen LogP contribution is -2.60. The molecular formula is C12H15NO8. The molecule has 1 heterocycles. The molecule has 9 nitrogen and oxygen atoms in total. The van der Waals surface area contributed by atoms with Crippen LogP contribution in [0.15, 0.2) is 24.3 Å². The summed E-state index contributed by atoms with van der Waals surface area (Å²) in [5, 5.41) is 48.6. The van der Waals surface area contributed by atoms with Gasteiger partial charge in [0.2, 0.25) is 6.29 Å². The summed E-state index contributed by atoms with van der Waals surface area (Å²) in [6.45, 7) is -0.564. The largest absolute Gasteiger partial charge is 0.462 e. The van der Waals surface area contributed by atoms with Gasteiger partial charge in [-0.3, -0.25) is 10.1 Å². The zero-order valence-electron chi connectivity index (χ0n) is 10.8. The molecule has 0 bridgehead atoms. The van der Waals surface area contributed by atoms with Gasteiger partial charge in [0.15, 0.2) is 0 Å². The van der Waals surface area contributed by atoms with Crippen molar-refractivity contribution in [2.75, 3.05) is 6.61 Å². The number of nitrogens with zero attached hydrogens (tertiary/aromatic N) is 1. The fourth-order valence-electron chi connectivity index (χ4n) is 1.95. The Bertz CT molecular complexity index is 491. The normalized spacial score (nSPS) is 32.7. The van der Waals surface area contributed by atoms with Crippen molar-refractivity contribution in [1.82, 2.24) is 0 Å². The lowest BCUT2D eigenvalue weighted by atomic mass is 9.99. The van der Waals surface area contributed by atoms with Gasteiger partial charge >= 0.3 is 0 Å². The van der Waals surface area contributed by atoms with Gasteiger partial charge in [0.05, 0.1) is 11.5 Å². The SMILES string of the molecule is O=[N+]([O-])c1ccc(O[C@@H]2O[C@@H](CO)[C@H](O)[C@H](O)[C@H]2O)cc1. The van der Waals surface area contributed by atoms with Crippen LogP contribution in [0.3, 0.4) is 0 Å². The minimum absolute atomic E-state index is 0.129. The van der Waals surface area contributed by atoms with Crippen molar-refractivity contribution in [3.05, 3.63) is 34.4 Å². The van der Waals surface area contributed by atoms with Crippen LogP contribution >= 0.6 is 0 Å². The molecule has 4 N–H and O–H groups in total. The number of aliphatic hydroxyl groups is 4. The maximum Gasteiger partial charge on any atom is 0.269 e. The lowest BCUT2D eigenvalue weighted by Gasteiger charge is -2.39. The number of benzene rings is 1. The number of hydrogen-bond donors (Lipinski definition) is 4. The molecule has 1 saturated heterocycles. The van der Waals surface area contributed by atoms with Crippen LogP contribution in [0, 0.1) is 10.1 Å². The van der Waals surface area contributed by atoms with E-state index in [9.17, 15) is 25.4 Å². The lowest BCUT2D eigenvalue weighted by molar-refractivity contribution is -0.384. The quantitative estimate of drug-likeness (QED) is 0.400. The van der Waals surface area contributed by atoms with Crippen molar-refractivity contribution in [3.8, 4) is 5.75 Å². The zero-order valence-corrected chi connectivity index (χ0v) is 10.8. The van der Waals surface area contributed by atoms with E-state index >= 15 is 0 Å². The topological polar surface area (TPSA) is 143 Å². The average Bonchev–Trinajstić information content (AvgIpc) is 2.48. The van der Waals surface area contributed by atoms with Crippen LogP contribution in [0.5, 0.6) is 5.75 Å². The molecule has 1 aliphatic heterocycles. The molecule has 1 aromatic carbocycles. The summed E-state index contributed by atoms with van der Waals surface area (Å²) in [5.74, 6) is 0.171. The minimum Gasteiger partial charge on any atom is -0.462 e. The molecule has 0 aliphatic carbocycles. The van der Waals surface area contributed by atoms with Gasteiger partial charge in [-0.25, -0.2) is 0 Å². The number of nitro groups is 1. The van der Waals surface area contributed by atoms with E-state index in [0.29, 0.717) is 0 Å². The molecule has 1 fully saturated rings. The number of hydrogen-bond acceptors (Lipinski definition) is 8. The molecule has 0 unspecified atom stereocenters. The fraction of sp³-hybridized carbons (Fsp3) is 0.500. The smallest absolute Gasteiger partial charge is 0.269 e. The summed E-state index contributed by atoms with van der Waals surface area (Å²) in [7, 11) is 0. The summed E-state index contributed by atoms with van der Waals surface area (Å²) >= 11 is 0. The maximum absolute atomic E-state index is 10.5. The fourth-order valence-corrected chi connectivity index (χ4v) is 1.95. The monoisotopic (exact) mass is 301 g/mol. The van der Waals surface area contributed by atoms with Gasteiger partial charge in [-0.05, 0) is 12.1 Å². The minimum atomic E-state index is -1.54. The predicted octanol–water partition coefficient (Wildman–Crippen LogP) is -1.23. The Hall–Kier alpha value is -1.78. The number of aliphatic hydroxyl groups excluding tert-OH is 4. The summed E-state index contributed by atoms with van der Waals surface area (Å²) in [6, 6.07) is 5.03. The first-order valence-electron chi connectivity index (χ1n) is 6.15. The van der Waals surface area contributed by atoms with Crippen LogP contribution in [0.25, 0.3) is 0 Å². The van der Waals surface area contributed by atoms with Crippen LogP contribution in [0.2, 0.25) is 0 Å². The summed E-state index contributed by atoms with van der Waals surface area (Å²) in [6.07, 6.45) is -6.94. The molecule has 0 saturated carbocycles. The van der Waals surface area contributed by atoms with Gasteiger partial charge in [-0.1, -0.05) is 0 Å². The third kappa shape index (κ3) is 3.28. The predicted molar refractivity (Wildman–Crippen MR) is 67.5 cm³/mol. The van der Waals surface area contributed by atoms with Crippen LogP contribution < -0.4 is 4.74 Å². The maximum atomic E-state index is 10.5. The average molecular weight is 301 g/mol. The Morgan fingerprint density at radius 2 is 1.76 bits per heavy atom. The number of ether oxygens (including phenoxy) is 2. The molecule has 21 heavy (non-hydrogen) atoms. The second-order valence-corrected chi connectivity index (χ2v) is 4.57. The molecule has 0 aromatic heterocycles.